The predicted molar refractivity (Wildman–Crippen MR) is 110 cm³/mol. The Morgan fingerprint density at radius 1 is 1.22 bits per heavy atom. The van der Waals surface area contributed by atoms with Crippen molar-refractivity contribution in [3.8, 4) is 0 Å². The third kappa shape index (κ3) is 4.83. The fraction of sp³-hybridized carbons (Fsp3) is 0.632. The summed E-state index contributed by atoms with van der Waals surface area (Å²) >= 11 is 0. The highest BCUT2D eigenvalue weighted by atomic mass is 35.5. The molecule has 0 unspecified atom stereocenters. The van der Waals surface area contributed by atoms with Crippen LogP contribution in [0.4, 0.5) is 5.69 Å². The number of anilines is 1. The lowest BCUT2D eigenvalue weighted by molar-refractivity contribution is -0.116. The molecule has 0 radical (unpaired) electrons. The van der Waals surface area contributed by atoms with Gasteiger partial charge in [0.1, 0.15) is 0 Å². The van der Waals surface area contributed by atoms with Crippen molar-refractivity contribution in [2.75, 3.05) is 37.6 Å². The van der Waals surface area contributed by atoms with E-state index in [2.05, 4.69) is 12.2 Å². The van der Waals surface area contributed by atoms with Crippen LogP contribution >= 0.6 is 12.4 Å². The van der Waals surface area contributed by atoms with Gasteiger partial charge >= 0.3 is 0 Å². The molecule has 0 atom stereocenters. The molecule has 1 fully saturated rings. The number of halogens is 1. The average Bonchev–Trinajstić information content (AvgIpc) is 2.65. The molecule has 0 aliphatic carbocycles. The second-order valence-corrected chi connectivity index (χ2v) is 9.16. The number of rotatable bonds is 5. The molecule has 1 aromatic rings. The van der Waals surface area contributed by atoms with E-state index in [4.69, 9.17) is 0 Å². The molecule has 2 aliphatic heterocycles. The van der Waals surface area contributed by atoms with Gasteiger partial charge in [0.25, 0.3) is 0 Å². The molecular formula is C19H30ClN3O3S. The summed E-state index contributed by atoms with van der Waals surface area (Å²) in [5.41, 5.74) is 1.81. The first-order valence-corrected chi connectivity index (χ1v) is 11.0. The molecule has 2 aliphatic rings. The van der Waals surface area contributed by atoms with Gasteiger partial charge in [0.2, 0.25) is 15.9 Å². The Labute approximate surface area is 168 Å². The number of carbonyl (C=O) groups excluding carboxylic acids is 1. The second kappa shape index (κ2) is 9.37. The largest absolute Gasteiger partial charge is 0.317 e. The van der Waals surface area contributed by atoms with Gasteiger partial charge in [-0.25, -0.2) is 8.42 Å². The third-order valence-corrected chi connectivity index (χ3v) is 7.34. The van der Waals surface area contributed by atoms with Gasteiger partial charge in [-0.3, -0.25) is 4.79 Å². The van der Waals surface area contributed by atoms with Crippen LogP contribution < -0.4 is 10.2 Å². The van der Waals surface area contributed by atoms with E-state index >= 15 is 0 Å². The molecule has 1 saturated heterocycles. The van der Waals surface area contributed by atoms with Crippen LogP contribution in [0.5, 0.6) is 0 Å². The number of hydrogen-bond donors (Lipinski definition) is 1. The molecule has 2 heterocycles. The zero-order chi connectivity index (χ0) is 18.7. The number of benzene rings is 1. The molecule has 1 amide bonds. The van der Waals surface area contributed by atoms with Crippen molar-refractivity contribution in [1.82, 2.24) is 9.62 Å². The van der Waals surface area contributed by atoms with Gasteiger partial charge in [0.15, 0.2) is 0 Å². The topological polar surface area (TPSA) is 69.7 Å². The summed E-state index contributed by atoms with van der Waals surface area (Å²) in [6, 6.07) is 5.26. The summed E-state index contributed by atoms with van der Waals surface area (Å²) in [4.78, 5) is 13.9. The van der Waals surface area contributed by atoms with Gasteiger partial charge in [0.05, 0.1) is 4.90 Å². The monoisotopic (exact) mass is 415 g/mol. The highest BCUT2D eigenvalue weighted by Crippen LogP contribution is 2.32. The normalized spacial score (nSPS) is 18.7. The average molecular weight is 416 g/mol. The minimum Gasteiger partial charge on any atom is -0.317 e. The number of piperidine rings is 1. The SMILES string of the molecule is CCNCC1CCN(S(=O)(=O)c2ccc3c(c2)N(C(C)=O)CCC3)CC1.Cl. The number of carbonyl (C=O) groups is 1. The number of nitrogens with zero attached hydrogens (tertiary/aromatic N) is 2. The summed E-state index contributed by atoms with van der Waals surface area (Å²) in [7, 11) is -3.51. The van der Waals surface area contributed by atoms with Crippen molar-refractivity contribution in [2.24, 2.45) is 5.92 Å². The number of nitrogens with one attached hydrogen (secondary N) is 1. The van der Waals surface area contributed by atoms with Crippen LogP contribution in [0.2, 0.25) is 0 Å². The Morgan fingerprint density at radius 2 is 1.93 bits per heavy atom. The second-order valence-electron chi connectivity index (χ2n) is 7.22. The third-order valence-electron chi connectivity index (χ3n) is 5.45. The first-order valence-electron chi connectivity index (χ1n) is 9.55. The lowest BCUT2D eigenvalue weighted by Crippen LogP contribution is -2.41. The summed E-state index contributed by atoms with van der Waals surface area (Å²) in [5, 5.41) is 3.35. The first kappa shape index (κ1) is 22.1. The molecule has 1 aromatic carbocycles. The van der Waals surface area contributed by atoms with E-state index in [1.165, 1.54) is 6.92 Å². The van der Waals surface area contributed by atoms with Gasteiger partial charge in [0, 0.05) is 32.2 Å². The highest BCUT2D eigenvalue weighted by molar-refractivity contribution is 7.89. The number of aryl methyl sites for hydroxylation is 1. The van der Waals surface area contributed by atoms with Crippen LogP contribution in [0, 0.1) is 5.92 Å². The Balaban J connectivity index is 0.00000261. The zero-order valence-corrected chi connectivity index (χ0v) is 17.7. The maximum absolute atomic E-state index is 13.1. The zero-order valence-electron chi connectivity index (χ0n) is 16.1. The summed E-state index contributed by atoms with van der Waals surface area (Å²) < 4.78 is 27.7. The van der Waals surface area contributed by atoms with Crippen LogP contribution in [-0.2, 0) is 21.2 Å². The first-order chi connectivity index (χ1) is 12.4. The van der Waals surface area contributed by atoms with Gasteiger partial charge in [-0.15, -0.1) is 12.4 Å². The molecule has 152 valence electrons. The molecule has 8 heteroatoms. The Bertz CT molecular complexity index is 761. The fourth-order valence-electron chi connectivity index (χ4n) is 3.89. The molecule has 0 aromatic heterocycles. The lowest BCUT2D eigenvalue weighted by Gasteiger charge is -2.32. The van der Waals surface area contributed by atoms with Crippen molar-refractivity contribution < 1.29 is 13.2 Å². The van der Waals surface area contributed by atoms with Crippen molar-refractivity contribution in [3.05, 3.63) is 23.8 Å². The van der Waals surface area contributed by atoms with Crippen molar-refractivity contribution in [2.45, 2.75) is 44.4 Å². The van der Waals surface area contributed by atoms with E-state index in [-0.39, 0.29) is 18.3 Å². The van der Waals surface area contributed by atoms with E-state index in [1.807, 2.05) is 6.07 Å². The molecule has 27 heavy (non-hydrogen) atoms. The highest BCUT2D eigenvalue weighted by Gasteiger charge is 2.31. The molecule has 0 saturated carbocycles. The van der Waals surface area contributed by atoms with Gasteiger partial charge < -0.3 is 10.2 Å². The van der Waals surface area contributed by atoms with Gasteiger partial charge in [-0.1, -0.05) is 13.0 Å². The molecule has 0 bridgehead atoms. The van der Waals surface area contributed by atoms with Crippen LogP contribution in [0.1, 0.15) is 38.7 Å². The molecule has 6 nitrogen and oxygen atoms in total. The maximum Gasteiger partial charge on any atom is 0.243 e. The van der Waals surface area contributed by atoms with Crippen molar-refractivity contribution >= 4 is 34.0 Å². The fourth-order valence-corrected chi connectivity index (χ4v) is 5.38. The van der Waals surface area contributed by atoms with E-state index in [0.717, 1.165) is 50.0 Å². The van der Waals surface area contributed by atoms with Gasteiger partial charge in [-0.05, 0) is 62.4 Å². The van der Waals surface area contributed by atoms with E-state index in [1.54, 1.807) is 21.3 Å². The van der Waals surface area contributed by atoms with Gasteiger partial charge in [-0.2, -0.15) is 4.31 Å². The van der Waals surface area contributed by atoms with Crippen LogP contribution in [-0.4, -0.2) is 51.4 Å². The number of amides is 1. The van der Waals surface area contributed by atoms with Crippen LogP contribution in [0.3, 0.4) is 0 Å². The van der Waals surface area contributed by atoms with E-state index < -0.39 is 10.0 Å². The van der Waals surface area contributed by atoms with Crippen LogP contribution in [0.25, 0.3) is 0 Å². The number of fused-ring (bicyclic) bond motifs is 1. The lowest BCUT2D eigenvalue weighted by atomic mass is 9.98. The predicted octanol–water partition coefficient (Wildman–Crippen LogP) is 2.42. The van der Waals surface area contributed by atoms with Crippen molar-refractivity contribution in [3.63, 3.8) is 0 Å². The summed E-state index contributed by atoms with van der Waals surface area (Å²) in [5.74, 6) is 0.503. The smallest absolute Gasteiger partial charge is 0.243 e. The maximum atomic E-state index is 13.1. The summed E-state index contributed by atoms with van der Waals surface area (Å²) in [6.07, 6.45) is 3.57. The minimum absolute atomic E-state index is 0. The minimum atomic E-state index is -3.51. The molecule has 1 N–H and O–H groups in total. The Hall–Kier alpha value is -1.15. The van der Waals surface area contributed by atoms with E-state index in [0.29, 0.717) is 30.4 Å². The molecule has 3 rings (SSSR count). The molecule has 0 spiro atoms. The van der Waals surface area contributed by atoms with Crippen LogP contribution in [0.15, 0.2) is 23.1 Å². The Kier molecular flexibility index (Phi) is 7.68. The molecular weight excluding hydrogens is 386 g/mol. The quantitative estimate of drug-likeness (QED) is 0.801. The van der Waals surface area contributed by atoms with E-state index in [9.17, 15) is 13.2 Å². The number of sulfonamides is 1. The Morgan fingerprint density at radius 3 is 2.56 bits per heavy atom. The van der Waals surface area contributed by atoms with Crippen molar-refractivity contribution in [1.29, 1.82) is 0 Å². The summed E-state index contributed by atoms with van der Waals surface area (Å²) in [6.45, 7) is 7.29. The number of hydrogen-bond acceptors (Lipinski definition) is 4. The standard InChI is InChI=1S/C19H29N3O3S.ClH/c1-3-20-14-16-8-11-21(12-9-16)26(24,25)18-7-6-17-5-4-10-22(15(2)23)19(17)13-18;/h6-7,13,16,20H,3-5,8-12,14H2,1-2H3;1H.